The highest BCUT2D eigenvalue weighted by Crippen LogP contribution is 2.28. The van der Waals surface area contributed by atoms with Crippen molar-refractivity contribution in [3.8, 4) is 0 Å². The number of aromatic amines is 1. The Kier molecular flexibility index (Phi) is 5.85. The summed E-state index contributed by atoms with van der Waals surface area (Å²) in [7, 11) is 0. The summed E-state index contributed by atoms with van der Waals surface area (Å²) in [6, 6.07) is 26.2. The predicted molar refractivity (Wildman–Crippen MR) is 135 cm³/mol. The van der Waals surface area contributed by atoms with Gasteiger partial charge in [0.1, 0.15) is 5.69 Å². The van der Waals surface area contributed by atoms with Gasteiger partial charge in [0.05, 0.1) is 23.7 Å². The van der Waals surface area contributed by atoms with Gasteiger partial charge in [-0.2, -0.15) is 0 Å². The van der Waals surface area contributed by atoms with Crippen molar-refractivity contribution in [3.05, 3.63) is 102 Å². The number of fused-ring (bicyclic) bond motifs is 2. The number of H-pyrrole nitrogens is 1. The van der Waals surface area contributed by atoms with Crippen molar-refractivity contribution < 1.29 is 14.8 Å². The van der Waals surface area contributed by atoms with Crippen molar-refractivity contribution in [2.24, 2.45) is 10.1 Å². The van der Waals surface area contributed by atoms with Crippen LogP contribution in [0.3, 0.4) is 0 Å². The molecule has 0 aliphatic carbocycles. The molecule has 1 aliphatic rings. The van der Waals surface area contributed by atoms with E-state index in [1.165, 1.54) is 4.90 Å². The Labute approximate surface area is 201 Å². The van der Waals surface area contributed by atoms with E-state index in [2.05, 4.69) is 15.5 Å². The van der Waals surface area contributed by atoms with Gasteiger partial charge in [0, 0.05) is 22.0 Å². The summed E-state index contributed by atoms with van der Waals surface area (Å²) >= 11 is 0. The number of benzene rings is 3. The smallest absolute Gasteiger partial charge is 0.272 e. The number of hydrogen-bond donors (Lipinski definition) is 3. The molecule has 0 saturated carbocycles. The average Bonchev–Trinajstić information content (AvgIpc) is 3.30. The maximum absolute atomic E-state index is 13.7. The van der Waals surface area contributed by atoms with Crippen molar-refractivity contribution in [2.75, 3.05) is 11.4 Å². The average molecular weight is 466 g/mol. The molecule has 0 radical (unpaired) electrons. The molecule has 2 amide bonds. The van der Waals surface area contributed by atoms with Crippen molar-refractivity contribution in [1.29, 1.82) is 0 Å². The standard InChI is InChI=1S/C27H23N5O3/c1-17(31-35)16-32-23-14-8-6-12-20(23)24(18-9-3-2-4-10-18)29-25(27(32)34)30-26(33)22-15-19-11-5-7-13-21(19)28-22/h2-15,25,28,35H,16H2,1H3,(H,30,33)/b31-17+. The number of hydrogen-bond acceptors (Lipinski definition) is 5. The fourth-order valence-electron chi connectivity index (χ4n) is 4.17. The molecule has 0 bridgehead atoms. The van der Waals surface area contributed by atoms with Crippen molar-refractivity contribution >= 4 is 39.8 Å². The quantitative estimate of drug-likeness (QED) is 0.236. The molecule has 1 aliphatic heterocycles. The van der Waals surface area contributed by atoms with Crippen LogP contribution in [0.4, 0.5) is 5.69 Å². The number of carbonyl (C=O) groups excluding carboxylic acids is 2. The van der Waals surface area contributed by atoms with Gasteiger partial charge in [-0.1, -0.05) is 71.9 Å². The van der Waals surface area contributed by atoms with Crippen molar-refractivity contribution in [1.82, 2.24) is 10.3 Å². The van der Waals surface area contributed by atoms with Gasteiger partial charge in [0.25, 0.3) is 11.8 Å². The summed E-state index contributed by atoms with van der Waals surface area (Å²) in [5.41, 5.74) is 4.24. The van der Waals surface area contributed by atoms with Crippen LogP contribution in [0.2, 0.25) is 0 Å². The van der Waals surface area contributed by atoms with Gasteiger partial charge in [0.2, 0.25) is 6.17 Å². The first-order valence-corrected chi connectivity index (χ1v) is 11.2. The number of aliphatic imine (C=N–C) groups is 1. The number of oxime groups is 1. The minimum atomic E-state index is -1.19. The van der Waals surface area contributed by atoms with E-state index in [9.17, 15) is 14.8 Å². The summed E-state index contributed by atoms with van der Waals surface area (Å²) < 4.78 is 0. The maximum atomic E-state index is 13.7. The number of nitrogens with one attached hydrogen (secondary N) is 2. The lowest BCUT2D eigenvalue weighted by molar-refractivity contribution is -0.120. The van der Waals surface area contributed by atoms with E-state index >= 15 is 0 Å². The Balaban J connectivity index is 1.59. The van der Waals surface area contributed by atoms with Crippen molar-refractivity contribution in [3.63, 3.8) is 0 Å². The van der Waals surface area contributed by atoms with E-state index < -0.39 is 18.0 Å². The fraction of sp³-hybridized carbons (Fsp3) is 0.111. The largest absolute Gasteiger partial charge is 0.411 e. The highest BCUT2D eigenvalue weighted by atomic mass is 16.4. The van der Waals surface area contributed by atoms with Crippen LogP contribution in [0, 0.1) is 0 Å². The van der Waals surface area contributed by atoms with Crippen LogP contribution in [-0.4, -0.2) is 46.1 Å². The first-order chi connectivity index (χ1) is 17.0. The highest BCUT2D eigenvalue weighted by molar-refractivity contribution is 6.21. The molecule has 4 aromatic rings. The van der Waals surface area contributed by atoms with Crippen LogP contribution >= 0.6 is 0 Å². The van der Waals surface area contributed by atoms with E-state index in [0.29, 0.717) is 22.8 Å². The van der Waals surface area contributed by atoms with Gasteiger partial charge in [-0.15, -0.1) is 0 Å². The topological polar surface area (TPSA) is 110 Å². The summed E-state index contributed by atoms with van der Waals surface area (Å²) in [6.07, 6.45) is -1.19. The monoisotopic (exact) mass is 465 g/mol. The van der Waals surface area contributed by atoms with Gasteiger partial charge in [-0.25, -0.2) is 4.99 Å². The number of amides is 2. The van der Waals surface area contributed by atoms with Gasteiger partial charge >= 0.3 is 0 Å². The van der Waals surface area contributed by atoms with E-state index in [1.807, 2.05) is 78.9 Å². The van der Waals surface area contributed by atoms with E-state index in [-0.39, 0.29) is 6.54 Å². The molecule has 0 spiro atoms. The molecule has 1 atom stereocenters. The van der Waals surface area contributed by atoms with Gasteiger partial charge in [-0.05, 0) is 25.1 Å². The number of para-hydroxylation sites is 2. The predicted octanol–water partition coefficient (Wildman–Crippen LogP) is 3.96. The van der Waals surface area contributed by atoms with Gasteiger partial charge < -0.3 is 20.4 Å². The molecular weight excluding hydrogens is 442 g/mol. The highest BCUT2D eigenvalue weighted by Gasteiger charge is 2.33. The number of carbonyl (C=O) groups is 2. The zero-order chi connectivity index (χ0) is 24.4. The van der Waals surface area contributed by atoms with Crippen LogP contribution in [-0.2, 0) is 4.79 Å². The molecule has 0 saturated heterocycles. The van der Waals surface area contributed by atoms with Gasteiger partial charge in [0.15, 0.2) is 0 Å². The molecule has 35 heavy (non-hydrogen) atoms. The second kappa shape index (κ2) is 9.26. The lowest BCUT2D eigenvalue weighted by atomic mass is 10.00. The maximum Gasteiger partial charge on any atom is 0.272 e. The minimum Gasteiger partial charge on any atom is -0.411 e. The first-order valence-electron chi connectivity index (χ1n) is 11.2. The molecule has 1 unspecified atom stereocenters. The number of anilines is 1. The Morgan fingerprint density at radius 1 is 1.06 bits per heavy atom. The molecule has 2 heterocycles. The molecule has 3 N–H and O–H groups in total. The number of rotatable bonds is 5. The van der Waals surface area contributed by atoms with E-state index in [1.54, 1.807) is 13.0 Å². The molecule has 174 valence electrons. The van der Waals surface area contributed by atoms with Crippen LogP contribution < -0.4 is 10.2 Å². The lowest BCUT2D eigenvalue weighted by Crippen LogP contribution is -2.48. The van der Waals surface area contributed by atoms with Gasteiger partial charge in [-0.3, -0.25) is 9.59 Å². The molecule has 1 aromatic heterocycles. The Bertz CT molecular complexity index is 1440. The summed E-state index contributed by atoms with van der Waals surface area (Å²) in [4.78, 5) is 36.3. The van der Waals surface area contributed by atoms with Crippen LogP contribution in [0.15, 0.2) is 95.1 Å². The Morgan fingerprint density at radius 2 is 1.77 bits per heavy atom. The second-order valence-electron chi connectivity index (χ2n) is 8.27. The molecule has 8 heteroatoms. The fourth-order valence-corrected chi connectivity index (χ4v) is 4.17. The second-order valence-corrected chi connectivity index (χ2v) is 8.27. The first kappa shape index (κ1) is 22.1. The molecule has 3 aromatic carbocycles. The third-order valence-electron chi connectivity index (χ3n) is 5.86. The van der Waals surface area contributed by atoms with Crippen LogP contribution in [0.25, 0.3) is 10.9 Å². The summed E-state index contributed by atoms with van der Waals surface area (Å²) in [5, 5.41) is 16.2. The SMILES string of the molecule is C/C(CN1C(=O)C(NC(=O)c2cc3ccccc3[nH]2)N=C(c2ccccc2)c2ccccc21)=N\O. The zero-order valence-corrected chi connectivity index (χ0v) is 19.0. The Morgan fingerprint density at radius 3 is 2.54 bits per heavy atom. The van der Waals surface area contributed by atoms with Crippen LogP contribution in [0.1, 0.15) is 28.5 Å². The minimum absolute atomic E-state index is 0.0443. The third kappa shape index (κ3) is 4.29. The summed E-state index contributed by atoms with van der Waals surface area (Å²) in [5.74, 6) is -0.884. The summed E-state index contributed by atoms with van der Waals surface area (Å²) in [6.45, 7) is 1.67. The third-order valence-corrected chi connectivity index (χ3v) is 5.86. The normalized spacial score (nSPS) is 16.0. The number of benzodiazepines with no additional fused rings is 1. The van der Waals surface area contributed by atoms with E-state index in [4.69, 9.17) is 4.99 Å². The van der Waals surface area contributed by atoms with Crippen LogP contribution in [0.5, 0.6) is 0 Å². The van der Waals surface area contributed by atoms with E-state index in [0.717, 1.165) is 22.0 Å². The number of nitrogens with zero attached hydrogens (tertiary/aromatic N) is 3. The molecule has 5 rings (SSSR count). The molecule has 0 fully saturated rings. The zero-order valence-electron chi connectivity index (χ0n) is 19.0. The number of aromatic nitrogens is 1. The lowest BCUT2D eigenvalue weighted by Gasteiger charge is -2.25. The molecule has 8 nitrogen and oxygen atoms in total. The Hall–Kier alpha value is -4.72. The molecular formula is C27H23N5O3. The van der Waals surface area contributed by atoms with Crippen molar-refractivity contribution in [2.45, 2.75) is 13.1 Å².